The van der Waals surface area contributed by atoms with E-state index in [1.165, 1.54) is 12.1 Å². The Balaban J connectivity index is 1.30. The molecule has 2 amide bonds. The lowest BCUT2D eigenvalue weighted by molar-refractivity contribution is 0.133. The number of amides is 2. The Morgan fingerprint density at radius 1 is 1.07 bits per heavy atom. The predicted molar refractivity (Wildman–Crippen MR) is 100 cm³/mol. The van der Waals surface area contributed by atoms with Gasteiger partial charge in [-0.05, 0) is 49.3 Å². The summed E-state index contributed by atoms with van der Waals surface area (Å²) < 4.78 is 40.4. The number of hydrogen-bond donors (Lipinski definition) is 0. The van der Waals surface area contributed by atoms with Crippen LogP contribution < -0.4 is 0 Å². The van der Waals surface area contributed by atoms with E-state index in [4.69, 9.17) is 0 Å². The van der Waals surface area contributed by atoms with E-state index in [0.29, 0.717) is 19.1 Å². The maximum atomic E-state index is 13.1. The van der Waals surface area contributed by atoms with Crippen LogP contribution in [0.25, 0.3) is 0 Å². The van der Waals surface area contributed by atoms with Crippen molar-refractivity contribution in [3.8, 4) is 0 Å². The standard InChI is InChI=1S/C19H26FN3O3S/c1-21(17-6-7-17)19(24)22-12-18(13-22)27(25,26)23-10-8-15(9-11-23)14-2-4-16(20)5-3-14/h2-5,15,17-18H,6-13H2,1H3. The molecule has 1 saturated carbocycles. The number of urea groups is 1. The van der Waals surface area contributed by atoms with Crippen molar-refractivity contribution < 1.29 is 17.6 Å². The average Bonchev–Trinajstić information content (AvgIpc) is 3.45. The molecule has 148 valence electrons. The summed E-state index contributed by atoms with van der Waals surface area (Å²) in [7, 11) is -1.58. The number of sulfonamides is 1. The highest BCUT2D eigenvalue weighted by atomic mass is 32.2. The number of hydrogen-bond acceptors (Lipinski definition) is 3. The molecular formula is C19H26FN3O3S. The SMILES string of the molecule is CN(C(=O)N1CC(S(=O)(=O)N2CCC(c3ccc(F)cc3)CC2)C1)C1CC1. The lowest BCUT2D eigenvalue weighted by Crippen LogP contribution is -2.62. The Morgan fingerprint density at radius 2 is 1.67 bits per heavy atom. The van der Waals surface area contributed by atoms with Crippen molar-refractivity contribution in [1.29, 1.82) is 0 Å². The minimum atomic E-state index is -3.37. The number of likely N-dealkylation sites (tertiary alicyclic amines) is 1. The molecule has 8 heteroatoms. The smallest absolute Gasteiger partial charge is 0.320 e. The molecule has 0 atom stereocenters. The maximum absolute atomic E-state index is 13.1. The van der Waals surface area contributed by atoms with Gasteiger partial charge in [0.05, 0.1) is 0 Å². The van der Waals surface area contributed by atoms with Crippen LogP contribution in [0.4, 0.5) is 9.18 Å². The summed E-state index contributed by atoms with van der Waals surface area (Å²) >= 11 is 0. The first-order valence-electron chi connectivity index (χ1n) is 9.62. The lowest BCUT2D eigenvalue weighted by Gasteiger charge is -2.43. The number of rotatable bonds is 4. The van der Waals surface area contributed by atoms with E-state index < -0.39 is 15.3 Å². The van der Waals surface area contributed by atoms with Crippen molar-refractivity contribution in [2.24, 2.45) is 0 Å². The molecular weight excluding hydrogens is 369 g/mol. The van der Waals surface area contributed by atoms with E-state index in [2.05, 4.69) is 0 Å². The molecule has 0 radical (unpaired) electrons. The molecule has 3 aliphatic rings. The summed E-state index contributed by atoms with van der Waals surface area (Å²) in [6.07, 6.45) is 3.57. The van der Waals surface area contributed by atoms with Crippen LogP contribution in [0.15, 0.2) is 24.3 Å². The van der Waals surface area contributed by atoms with Crippen LogP contribution in [-0.2, 0) is 10.0 Å². The molecule has 2 heterocycles. The first-order chi connectivity index (χ1) is 12.9. The Hall–Kier alpha value is -1.67. The molecule has 2 aliphatic heterocycles. The number of carbonyl (C=O) groups is 1. The van der Waals surface area contributed by atoms with Crippen LogP contribution in [0.1, 0.15) is 37.2 Å². The van der Waals surface area contributed by atoms with E-state index in [-0.39, 0.29) is 30.9 Å². The van der Waals surface area contributed by atoms with Gasteiger partial charge in [-0.15, -0.1) is 0 Å². The summed E-state index contributed by atoms with van der Waals surface area (Å²) in [6, 6.07) is 6.76. The number of benzene rings is 1. The van der Waals surface area contributed by atoms with Gasteiger partial charge in [-0.25, -0.2) is 21.9 Å². The zero-order chi connectivity index (χ0) is 19.2. The highest BCUT2D eigenvalue weighted by Crippen LogP contribution is 2.32. The first kappa shape index (κ1) is 18.7. The van der Waals surface area contributed by atoms with E-state index in [1.54, 1.807) is 33.3 Å². The normalized spacial score (nSPS) is 22.5. The predicted octanol–water partition coefficient (Wildman–Crippen LogP) is 2.23. The van der Waals surface area contributed by atoms with Crippen LogP contribution in [0.3, 0.4) is 0 Å². The van der Waals surface area contributed by atoms with Gasteiger partial charge in [0, 0.05) is 39.3 Å². The third-order valence-electron chi connectivity index (χ3n) is 6.09. The second-order valence-electron chi connectivity index (χ2n) is 7.92. The second-order valence-corrected chi connectivity index (χ2v) is 10.1. The summed E-state index contributed by atoms with van der Waals surface area (Å²) in [6.45, 7) is 1.54. The largest absolute Gasteiger partial charge is 0.325 e. The van der Waals surface area contributed by atoms with Crippen LogP contribution in [0, 0.1) is 5.82 Å². The number of piperidine rings is 1. The molecule has 1 aromatic rings. The summed E-state index contributed by atoms with van der Waals surface area (Å²) in [5, 5.41) is -0.489. The molecule has 0 spiro atoms. The number of carbonyl (C=O) groups excluding carboxylic acids is 1. The maximum Gasteiger partial charge on any atom is 0.320 e. The summed E-state index contributed by atoms with van der Waals surface area (Å²) in [5.74, 6) is 0.0129. The van der Waals surface area contributed by atoms with Gasteiger partial charge in [0.15, 0.2) is 0 Å². The average molecular weight is 396 g/mol. The van der Waals surface area contributed by atoms with Crippen LogP contribution in [0.5, 0.6) is 0 Å². The quantitative estimate of drug-likeness (QED) is 0.786. The Kier molecular flexibility index (Phi) is 4.88. The van der Waals surface area contributed by atoms with Crippen LogP contribution >= 0.6 is 0 Å². The van der Waals surface area contributed by atoms with E-state index in [1.807, 2.05) is 0 Å². The third kappa shape index (κ3) is 3.69. The first-order valence-corrected chi connectivity index (χ1v) is 11.1. The monoisotopic (exact) mass is 395 g/mol. The summed E-state index contributed by atoms with van der Waals surface area (Å²) in [4.78, 5) is 15.7. The van der Waals surface area contributed by atoms with Gasteiger partial charge >= 0.3 is 6.03 Å². The number of nitrogens with zero attached hydrogens (tertiary/aromatic N) is 3. The molecule has 3 fully saturated rings. The molecule has 4 rings (SSSR count). The van der Waals surface area contributed by atoms with Gasteiger partial charge in [-0.1, -0.05) is 12.1 Å². The highest BCUT2D eigenvalue weighted by molar-refractivity contribution is 7.89. The molecule has 0 unspecified atom stereocenters. The molecule has 0 N–H and O–H groups in total. The van der Waals surface area contributed by atoms with Crippen molar-refractivity contribution >= 4 is 16.1 Å². The molecule has 6 nitrogen and oxygen atoms in total. The van der Waals surface area contributed by atoms with Gasteiger partial charge in [0.25, 0.3) is 0 Å². The van der Waals surface area contributed by atoms with Crippen molar-refractivity contribution in [2.45, 2.75) is 42.9 Å². The van der Waals surface area contributed by atoms with Gasteiger partial charge in [-0.2, -0.15) is 0 Å². The molecule has 1 aliphatic carbocycles. The van der Waals surface area contributed by atoms with Crippen LogP contribution in [0.2, 0.25) is 0 Å². The van der Waals surface area contributed by atoms with Crippen molar-refractivity contribution in [1.82, 2.24) is 14.1 Å². The highest BCUT2D eigenvalue weighted by Gasteiger charge is 2.45. The van der Waals surface area contributed by atoms with E-state index >= 15 is 0 Å². The van der Waals surface area contributed by atoms with Crippen molar-refractivity contribution in [3.05, 3.63) is 35.6 Å². The molecule has 0 aromatic heterocycles. The minimum absolute atomic E-state index is 0.0565. The molecule has 1 aromatic carbocycles. The fourth-order valence-electron chi connectivity index (χ4n) is 4.01. The van der Waals surface area contributed by atoms with E-state index in [9.17, 15) is 17.6 Å². The van der Waals surface area contributed by atoms with E-state index in [0.717, 1.165) is 31.2 Å². The topological polar surface area (TPSA) is 60.9 Å². The zero-order valence-electron chi connectivity index (χ0n) is 15.6. The second kappa shape index (κ2) is 7.05. The van der Waals surface area contributed by atoms with Crippen molar-refractivity contribution in [2.75, 3.05) is 33.2 Å². The molecule has 0 bridgehead atoms. The van der Waals surface area contributed by atoms with Crippen molar-refractivity contribution in [3.63, 3.8) is 0 Å². The van der Waals surface area contributed by atoms with Gasteiger partial charge < -0.3 is 9.80 Å². The Labute approximate surface area is 160 Å². The summed E-state index contributed by atoms with van der Waals surface area (Å²) in [5.41, 5.74) is 1.07. The van der Waals surface area contributed by atoms with Gasteiger partial charge in [0.2, 0.25) is 10.0 Å². The minimum Gasteiger partial charge on any atom is -0.325 e. The fourth-order valence-corrected chi connectivity index (χ4v) is 5.89. The lowest BCUT2D eigenvalue weighted by atomic mass is 9.90. The number of halogens is 1. The fraction of sp³-hybridized carbons (Fsp3) is 0.632. The third-order valence-corrected chi connectivity index (χ3v) is 8.32. The molecule has 27 heavy (non-hydrogen) atoms. The van der Waals surface area contributed by atoms with Gasteiger partial charge in [0.1, 0.15) is 11.1 Å². The Morgan fingerprint density at radius 3 is 2.22 bits per heavy atom. The van der Waals surface area contributed by atoms with Gasteiger partial charge in [-0.3, -0.25) is 0 Å². The zero-order valence-corrected chi connectivity index (χ0v) is 16.4. The Bertz CT molecular complexity index is 796. The van der Waals surface area contributed by atoms with Crippen LogP contribution in [-0.4, -0.2) is 73.1 Å². The molecule has 2 saturated heterocycles.